The SMILES string of the molecule is CC.CCCCCC(=O)NCC(=O)O. The molecule has 0 aliphatic carbocycles. The molecular weight excluding hydrogens is 182 g/mol. The van der Waals surface area contributed by atoms with Gasteiger partial charge in [0, 0.05) is 6.42 Å². The highest BCUT2D eigenvalue weighted by atomic mass is 16.4. The number of rotatable bonds is 6. The number of amides is 1. The smallest absolute Gasteiger partial charge is 0.322 e. The van der Waals surface area contributed by atoms with Crippen LogP contribution in [0.2, 0.25) is 0 Å². The third-order valence-corrected chi connectivity index (χ3v) is 1.44. The summed E-state index contributed by atoms with van der Waals surface area (Å²) in [6.45, 7) is 5.78. The average Bonchev–Trinajstić information content (AvgIpc) is 2.18. The molecule has 0 rings (SSSR count). The van der Waals surface area contributed by atoms with E-state index in [0.717, 1.165) is 19.3 Å². The predicted octanol–water partition coefficient (Wildman–Crippen LogP) is 1.79. The molecule has 0 aliphatic rings. The number of carboxylic acid groups (broad SMARTS) is 1. The van der Waals surface area contributed by atoms with Crippen LogP contribution in [0.4, 0.5) is 0 Å². The molecule has 0 atom stereocenters. The largest absolute Gasteiger partial charge is 0.480 e. The number of unbranched alkanes of at least 4 members (excludes halogenated alkanes) is 2. The molecule has 0 fully saturated rings. The minimum Gasteiger partial charge on any atom is -0.480 e. The monoisotopic (exact) mass is 203 g/mol. The lowest BCUT2D eigenvalue weighted by Crippen LogP contribution is -2.28. The summed E-state index contributed by atoms with van der Waals surface area (Å²) in [6, 6.07) is 0. The van der Waals surface area contributed by atoms with Gasteiger partial charge in [0.1, 0.15) is 6.54 Å². The molecule has 14 heavy (non-hydrogen) atoms. The van der Waals surface area contributed by atoms with Gasteiger partial charge in [-0.3, -0.25) is 9.59 Å². The molecule has 0 saturated carbocycles. The normalized spacial score (nSPS) is 8.50. The Labute approximate surface area is 85.7 Å². The highest BCUT2D eigenvalue weighted by Gasteiger charge is 2.02. The van der Waals surface area contributed by atoms with E-state index in [2.05, 4.69) is 12.2 Å². The zero-order valence-corrected chi connectivity index (χ0v) is 9.30. The fraction of sp³-hybridized carbons (Fsp3) is 0.800. The molecule has 84 valence electrons. The molecule has 0 aromatic carbocycles. The van der Waals surface area contributed by atoms with Crippen molar-refractivity contribution in [3.05, 3.63) is 0 Å². The van der Waals surface area contributed by atoms with Gasteiger partial charge in [0.05, 0.1) is 0 Å². The number of hydrogen-bond donors (Lipinski definition) is 2. The van der Waals surface area contributed by atoms with Crippen LogP contribution in [0, 0.1) is 0 Å². The average molecular weight is 203 g/mol. The minimum atomic E-state index is -1.00. The first-order valence-electron chi connectivity index (χ1n) is 5.15. The molecule has 0 saturated heterocycles. The Kier molecular flexibility index (Phi) is 13.1. The van der Waals surface area contributed by atoms with E-state index in [0.29, 0.717) is 6.42 Å². The third-order valence-electron chi connectivity index (χ3n) is 1.44. The maximum atomic E-state index is 10.8. The summed E-state index contributed by atoms with van der Waals surface area (Å²) >= 11 is 0. The fourth-order valence-corrected chi connectivity index (χ4v) is 0.798. The van der Waals surface area contributed by atoms with Gasteiger partial charge in [-0.1, -0.05) is 33.6 Å². The summed E-state index contributed by atoms with van der Waals surface area (Å²) < 4.78 is 0. The molecule has 0 radical (unpaired) electrons. The Morgan fingerprint density at radius 2 is 1.79 bits per heavy atom. The van der Waals surface area contributed by atoms with Crippen LogP contribution in [0.3, 0.4) is 0 Å². The van der Waals surface area contributed by atoms with E-state index < -0.39 is 5.97 Å². The van der Waals surface area contributed by atoms with Crippen molar-refractivity contribution in [2.45, 2.75) is 46.5 Å². The number of carbonyl (C=O) groups excluding carboxylic acids is 1. The molecule has 0 bridgehead atoms. The lowest BCUT2D eigenvalue weighted by Gasteiger charge is -2.00. The van der Waals surface area contributed by atoms with Crippen molar-refractivity contribution in [2.75, 3.05) is 6.54 Å². The van der Waals surface area contributed by atoms with Crippen LogP contribution in [-0.4, -0.2) is 23.5 Å². The standard InChI is InChI=1S/C8H15NO3.C2H6/c1-2-3-4-5-7(10)9-6-8(11)12;1-2/h2-6H2,1H3,(H,9,10)(H,11,12);1-2H3. The summed E-state index contributed by atoms with van der Waals surface area (Å²) in [5, 5.41) is 10.5. The van der Waals surface area contributed by atoms with Crippen molar-refractivity contribution in [1.29, 1.82) is 0 Å². The van der Waals surface area contributed by atoms with Crippen molar-refractivity contribution < 1.29 is 14.7 Å². The lowest BCUT2D eigenvalue weighted by molar-refractivity contribution is -0.137. The number of nitrogens with one attached hydrogen (secondary N) is 1. The number of carboxylic acids is 1. The van der Waals surface area contributed by atoms with Crippen LogP contribution in [0.5, 0.6) is 0 Å². The number of carbonyl (C=O) groups is 2. The second-order valence-electron chi connectivity index (χ2n) is 2.63. The summed E-state index contributed by atoms with van der Waals surface area (Å²) in [4.78, 5) is 20.9. The van der Waals surface area contributed by atoms with E-state index in [1.807, 2.05) is 13.8 Å². The van der Waals surface area contributed by atoms with E-state index in [1.165, 1.54) is 0 Å². The Hall–Kier alpha value is -1.06. The minimum absolute atomic E-state index is 0.175. The predicted molar refractivity (Wildman–Crippen MR) is 56.1 cm³/mol. The molecular formula is C10H21NO3. The molecule has 0 spiro atoms. The molecule has 2 N–H and O–H groups in total. The van der Waals surface area contributed by atoms with E-state index >= 15 is 0 Å². The number of hydrogen-bond acceptors (Lipinski definition) is 2. The van der Waals surface area contributed by atoms with E-state index in [-0.39, 0.29) is 12.5 Å². The third kappa shape index (κ3) is 13.5. The van der Waals surface area contributed by atoms with Gasteiger partial charge in [-0.15, -0.1) is 0 Å². The molecule has 0 unspecified atom stereocenters. The Balaban J connectivity index is 0. The van der Waals surface area contributed by atoms with Crippen LogP contribution >= 0.6 is 0 Å². The first-order chi connectivity index (χ1) is 6.66. The fourth-order valence-electron chi connectivity index (χ4n) is 0.798. The molecule has 4 heteroatoms. The van der Waals surface area contributed by atoms with Crippen LogP contribution in [0.1, 0.15) is 46.5 Å². The molecule has 0 heterocycles. The second-order valence-corrected chi connectivity index (χ2v) is 2.63. The van der Waals surface area contributed by atoms with Crippen LogP contribution in [-0.2, 0) is 9.59 Å². The van der Waals surface area contributed by atoms with Gasteiger partial charge in [-0.05, 0) is 6.42 Å². The van der Waals surface area contributed by atoms with Crippen molar-refractivity contribution in [2.24, 2.45) is 0 Å². The zero-order chi connectivity index (χ0) is 11.4. The van der Waals surface area contributed by atoms with Gasteiger partial charge < -0.3 is 10.4 Å². The van der Waals surface area contributed by atoms with Gasteiger partial charge in [0.15, 0.2) is 0 Å². The Morgan fingerprint density at radius 1 is 1.21 bits per heavy atom. The summed E-state index contributed by atoms with van der Waals surface area (Å²) in [5.74, 6) is -1.18. The maximum absolute atomic E-state index is 10.8. The Morgan fingerprint density at radius 3 is 2.21 bits per heavy atom. The summed E-state index contributed by atoms with van der Waals surface area (Å²) in [7, 11) is 0. The lowest BCUT2D eigenvalue weighted by atomic mass is 10.2. The van der Waals surface area contributed by atoms with Crippen molar-refractivity contribution >= 4 is 11.9 Å². The van der Waals surface area contributed by atoms with Gasteiger partial charge in [-0.25, -0.2) is 0 Å². The topological polar surface area (TPSA) is 66.4 Å². The summed E-state index contributed by atoms with van der Waals surface area (Å²) in [6.07, 6.45) is 3.34. The van der Waals surface area contributed by atoms with Crippen molar-refractivity contribution in [1.82, 2.24) is 5.32 Å². The van der Waals surface area contributed by atoms with Crippen LogP contribution in [0.25, 0.3) is 0 Å². The Bertz CT molecular complexity index is 157. The van der Waals surface area contributed by atoms with Crippen LogP contribution < -0.4 is 5.32 Å². The molecule has 0 aromatic heterocycles. The number of aliphatic carboxylic acids is 1. The highest BCUT2D eigenvalue weighted by Crippen LogP contribution is 1.97. The first-order valence-corrected chi connectivity index (χ1v) is 5.15. The van der Waals surface area contributed by atoms with Gasteiger partial charge >= 0.3 is 5.97 Å². The first kappa shape index (κ1) is 15.4. The maximum Gasteiger partial charge on any atom is 0.322 e. The second kappa shape index (κ2) is 11.9. The molecule has 0 aromatic rings. The van der Waals surface area contributed by atoms with Crippen LogP contribution in [0.15, 0.2) is 0 Å². The van der Waals surface area contributed by atoms with E-state index in [1.54, 1.807) is 0 Å². The van der Waals surface area contributed by atoms with Crippen molar-refractivity contribution in [3.63, 3.8) is 0 Å². The molecule has 1 amide bonds. The quantitative estimate of drug-likeness (QED) is 0.647. The zero-order valence-electron chi connectivity index (χ0n) is 9.30. The van der Waals surface area contributed by atoms with E-state index in [4.69, 9.17) is 5.11 Å². The van der Waals surface area contributed by atoms with Gasteiger partial charge in [-0.2, -0.15) is 0 Å². The molecule has 4 nitrogen and oxygen atoms in total. The van der Waals surface area contributed by atoms with Gasteiger partial charge in [0.25, 0.3) is 0 Å². The van der Waals surface area contributed by atoms with Gasteiger partial charge in [0.2, 0.25) is 5.91 Å². The highest BCUT2D eigenvalue weighted by molar-refractivity contribution is 5.80. The van der Waals surface area contributed by atoms with E-state index in [9.17, 15) is 9.59 Å². The van der Waals surface area contributed by atoms with Crippen molar-refractivity contribution in [3.8, 4) is 0 Å². The summed E-state index contributed by atoms with van der Waals surface area (Å²) in [5.41, 5.74) is 0. The molecule has 0 aliphatic heterocycles.